The molecule has 1 aromatic carbocycles. The minimum Gasteiger partial charge on any atom is -0.458 e. The quantitative estimate of drug-likeness (QED) is 0.848. The van der Waals surface area contributed by atoms with Crippen LogP contribution in [0.1, 0.15) is 32.4 Å². The molecule has 1 N–H and O–H groups in total. The zero-order valence-electron chi connectivity index (χ0n) is 9.83. The number of benzene rings is 1. The number of hydrogen-bond donors (Lipinski definition) is 1. The maximum Gasteiger partial charge on any atom is 0.340 e. The van der Waals surface area contributed by atoms with E-state index in [-0.39, 0.29) is 0 Å². The fraction of sp³-hybridized carbons (Fsp3) is 0.417. The van der Waals surface area contributed by atoms with Crippen LogP contribution >= 0.6 is 27.5 Å². The Balaban J connectivity index is 2.92. The van der Waals surface area contributed by atoms with E-state index in [2.05, 4.69) is 15.9 Å². The summed E-state index contributed by atoms with van der Waals surface area (Å²) >= 11 is 9.17. The number of aliphatic hydroxyl groups excluding tert-OH is 1. The minimum atomic E-state index is -1.38. The fourth-order valence-electron chi connectivity index (χ4n) is 1.21. The van der Waals surface area contributed by atoms with Crippen molar-refractivity contribution in [2.75, 3.05) is 0 Å². The summed E-state index contributed by atoms with van der Waals surface area (Å²) in [5, 5.41) is 10.2. The molecule has 0 heterocycles. The van der Waals surface area contributed by atoms with E-state index in [0.29, 0.717) is 10.6 Å². The number of carbonyl (C=O) groups is 1. The molecule has 0 fully saturated rings. The summed E-state index contributed by atoms with van der Waals surface area (Å²) in [4.78, 5) is 11.7. The maximum atomic E-state index is 11.7. The number of rotatable bonds is 2. The topological polar surface area (TPSA) is 46.5 Å². The summed E-state index contributed by atoms with van der Waals surface area (Å²) in [6, 6.07) is 4.93. The van der Waals surface area contributed by atoms with Gasteiger partial charge in [0.1, 0.15) is 5.60 Å². The highest BCUT2D eigenvalue weighted by Crippen LogP contribution is 2.28. The zero-order chi connectivity index (χ0) is 13.2. The zero-order valence-corrected chi connectivity index (χ0v) is 12.2. The van der Waals surface area contributed by atoms with Crippen LogP contribution in [0.25, 0.3) is 0 Å². The third-order valence-corrected chi connectivity index (χ3v) is 2.72. The van der Waals surface area contributed by atoms with Crippen molar-refractivity contribution in [2.24, 2.45) is 0 Å². The second-order valence-electron chi connectivity index (χ2n) is 4.60. The van der Waals surface area contributed by atoms with Gasteiger partial charge < -0.3 is 9.84 Å². The Bertz CT molecular complexity index is 426. The van der Waals surface area contributed by atoms with E-state index in [0.717, 1.165) is 4.47 Å². The van der Waals surface area contributed by atoms with Crippen molar-refractivity contribution in [3.05, 3.63) is 33.3 Å². The summed E-state index contributed by atoms with van der Waals surface area (Å²) in [5.41, 5.74) is -0.313. The fourth-order valence-corrected chi connectivity index (χ4v) is 1.81. The van der Waals surface area contributed by atoms with Gasteiger partial charge in [-0.2, -0.15) is 0 Å². The van der Waals surface area contributed by atoms with Crippen molar-refractivity contribution < 1.29 is 14.6 Å². The molecule has 0 spiro atoms. The number of halogens is 2. The van der Waals surface area contributed by atoms with Gasteiger partial charge in [-0.25, -0.2) is 4.79 Å². The molecule has 94 valence electrons. The van der Waals surface area contributed by atoms with Crippen LogP contribution in [-0.2, 0) is 9.53 Å². The lowest BCUT2D eigenvalue weighted by Gasteiger charge is -2.22. The lowest BCUT2D eigenvalue weighted by molar-refractivity contribution is -0.165. The highest BCUT2D eigenvalue weighted by atomic mass is 79.9. The summed E-state index contributed by atoms with van der Waals surface area (Å²) in [5.74, 6) is -0.711. The van der Waals surface area contributed by atoms with Gasteiger partial charge in [-0.1, -0.05) is 27.5 Å². The summed E-state index contributed by atoms with van der Waals surface area (Å²) in [7, 11) is 0. The molecule has 17 heavy (non-hydrogen) atoms. The molecule has 1 atom stereocenters. The molecule has 1 rings (SSSR count). The number of hydrogen-bond acceptors (Lipinski definition) is 3. The molecule has 0 saturated carbocycles. The largest absolute Gasteiger partial charge is 0.458 e. The Kier molecular flexibility index (Phi) is 4.58. The van der Waals surface area contributed by atoms with Crippen LogP contribution in [0.3, 0.4) is 0 Å². The maximum absolute atomic E-state index is 11.7. The summed E-state index contributed by atoms with van der Waals surface area (Å²) in [6.07, 6.45) is -1.38. The smallest absolute Gasteiger partial charge is 0.340 e. The average Bonchev–Trinajstić information content (AvgIpc) is 2.18. The van der Waals surface area contributed by atoms with E-state index in [1.807, 2.05) is 0 Å². The number of aliphatic hydroxyl groups is 1. The number of esters is 1. The molecule has 0 aromatic heterocycles. The highest BCUT2D eigenvalue weighted by Gasteiger charge is 2.26. The van der Waals surface area contributed by atoms with Gasteiger partial charge in [0, 0.05) is 15.1 Å². The molecular weight excluding hydrogens is 307 g/mol. The minimum absolute atomic E-state index is 0.326. The second kappa shape index (κ2) is 5.38. The van der Waals surface area contributed by atoms with E-state index in [4.69, 9.17) is 16.3 Å². The summed E-state index contributed by atoms with van der Waals surface area (Å²) in [6.45, 7) is 5.21. The van der Waals surface area contributed by atoms with Gasteiger partial charge in [0.2, 0.25) is 0 Å². The number of ether oxygens (including phenoxy) is 1. The van der Waals surface area contributed by atoms with Crippen molar-refractivity contribution in [3.8, 4) is 0 Å². The SMILES string of the molecule is CC(C)(C)OC(=O)C(O)c1cc(Br)ccc1Cl. The lowest BCUT2D eigenvalue weighted by Crippen LogP contribution is -2.27. The first kappa shape index (κ1) is 14.5. The molecule has 1 unspecified atom stereocenters. The normalized spacial score (nSPS) is 13.3. The highest BCUT2D eigenvalue weighted by molar-refractivity contribution is 9.10. The monoisotopic (exact) mass is 320 g/mol. The molecule has 0 radical (unpaired) electrons. The third kappa shape index (κ3) is 4.30. The van der Waals surface area contributed by atoms with Gasteiger partial charge in [-0.15, -0.1) is 0 Å². The van der Waals surface area contributed by atoms with Crippen molar-refractivity contribution in [3.63, 3.8) is 0 Å². The standard InChI is InChI=1S/C12H14BrClO3/c1-12(2,3)17-11(16)10(15)8-6-7(13)4-5-9(8)14/h4-6,10,15H,1-3H3. The first-order valence-corrected chi connectivity index (χ1v) is 6.23. The Hall–Kier alpha value is -0.580. The van der Waals surface area contributed by atoms with Crippen LogP contribution in [0, 0.1) is 0 Å². The average molecular weight is 322 g/mol. The molecule has 0 aliphatic rings. The first-order chi connectivity index (χ1) is 7.70. The Morgan fingerprint density at radius 2 is 2.06 bits per heavy atom. The van der Waals surface area contributed by atoms with Crippen LogP contribution in [-0.4, -0.2) is 16.7 Å². The molecule has 0 bridgehead atoms. The van der Waals surface area contributed by atoms with Crippen molar-refractivity contribution in [1.82, 2.24) is 0 Å². The first-order valence-electron chi connectivity index (χ1n) is 5.06. The van der Waals surface area contributed by atoms with Crippen molar-refractivity contribution in [1.29, 1.82) is 0 Å². The molecule has 0 amide bonds. The van der Waals surface area contributed by atoms with Crippen LogP contribution in [0.15, 0.2) is 22.7 Å². The van der Waals surface area contributed by atoms with Crippen LogP contribution < -0.4 is 0 Å². The molecular formula is C12H14BrClO3. The molecule has 0 aliphatic heterocycles. The Morgan fingerprint density at radius 1 is 1.47 bits per heavy atom. The van der Waals surface area contributed by atoms with E-state index in [9.17, 15) is 9.90 Å². The van der Waals surface area contributed by atoms with E-state index in [1.54, 1.807) is 39.0 Å². The van der Waals surface area contributed by atoms with E-state index in [1.165, 1.54) is 0 Å². The molecule has 3 nitrogen and oxygen atoms in total. The Morgan fingerprint density at radius 3 is 2.59 bits per heavy atom. The van der Waals surface area contributed by atoms with Gasteiger partial charge in [0.15, 0.2) is 6.10 Å². The van der Waals surface area contributed by atoms with Crippen molar-refractivity contribution in [2.45, 2.75) is 32.5 Å². The molecule has 0 saturated heterocycles. The number of carbonyl (C=O) groups excluding carboxylic acids is 1. The van der Waals surface area contributed by atoms with E-state index >= 15 is 0 Å². The summed E-state index contributed by atoms with van der Waals surface area (Å²) < 4.78 is 5.82. The van der Waals surface area contributed by atoms with E-state index < -0.39 is 17.7 Å². The van der Waals surface area contributed by atoms with Crippen molar-refractivity contribution >= 4 is 33.5 Å². The van der Waals surface area contributed by atoms with Gasteiger partial charge in [0.25, 0.3) is 0 Å². The van der Waals surface area contributed by atoms with Gasteiger partial charge >= 0.3 is 5.97 Å². The molecule has 5 heteroatoms. The third-order valence-electron chi connectivity index (χ3n) is 1.88. The van der Waals surface area contributed by atoms with Crippen LogP contribution in [0.5, 0.6) is 0 Å². The van der Waals surface area contributed by atoms with Gasteiger partial charge in [0.05, 0.1) is 0 Å². The molecule has 0 aliphatic carbocycles. The van der Waals surface area contributed by atoms with Crippen LogP contribution in [0.2, 0.25) is 5.02 Å². The lowest BCUT2D eigenvalue weighted by atomic mass is 10.1. The van der Waals surface area contributed by atoms with Gasteiger partial charge in [-0.05, 0) is 39.0 Å². The second-order valence-corrected chi connectivity index (χ2v) is 5.92. The van der Waals surface area contributed by atoms with Crippen LogP contribution in [0.4, 0.5) is 0 Å². The predicted octanol–water partition coefficient (Wildman–Crippen LogP) is 3.48. The van der Waals surface area contributed by atoms with Gasteiger partial charge in [-0.3, -0.25) is 0 Å². The predicted molar refractivity (Wildman–Crippen MR) is 70.0 cm³/mol. The Labute approximate surface area is 114 Å². The molecule has 1 aromatic rings.